The van der Waals surface area contributed by atoms with E-state index in [1.165, 1.54) is 0 Å². The molecule has 1 unspecified atom stereocenters. The Bertz CT molecular complexity index is 468. The quantitative estimate of drug-likeness (QED) is 0.779. The van der Waals surface area contributed by atoms with Crippen molar-refractivity contribution in [1.82, 2.24) is 15.1 Å². The molecule has 1 heterocycles. The molecule has 1 saturated heterocycles. The average molecular weight is 323 g/mol. The summed E-state index contributed by atoms with van der Waals surface area (Å²) in [6.07, 6.45) is 2.24. The van der Waals surface area contributed by atoms with Crippen molar-refractivity contribution in [3.8, 4) is 0 Å². The van der Waals surface area contributed by atoms with Crippen molar-refractivity contribution in [2.24, 2.45) is 11.8 Å². The number of carbonyl (C=O) groups excluding carboxylic acids is 3. The van der Waals surface area contributed by atoms with Crippen LogP contribution in [0.1, 0.15) is 39.5 Å². The highest BCUT2D eigenvalue weighted by atomic mass is 16.2. The molecule has 1 saturated carbocycles. The van der Waals surface area contributed by atoms with Crippen LogP contribution in [0.2, 0.25) is 0 Å². The van der Waals surface area contributed by atoms with E-state index in [-0.39, 0.29) is 23.5 Å². The van der Waals surface area contributed by atoms with Gasteiger partial charge in [0.15, 0.2) is 0 Å². The van der Waals surface area contributed by atoms with E-state index in [9.17, 15) is 14.4 Å². The molecule has 6 heteroatoms. The normalized spacial score (nSPS) is 23.3. The maximum Gasteiger partial charge on any atom is 0.245 e. The number of hydrogen-bond donors (Lipinski definition) is 1. The first kappa shape index (κ1) is 17.9. The summed E-state index contributed by atoms with van der Waals surface area (Å²) in [6.45, 7) is 5.56. The molecule has 0 aromatic carbocycles. The van der Waals surface area contributed by atoms with E-state index in [4.69, 9.17) is 0 Å². The molecule has 2 aliphatic rings. The van der Waals surface area contributed by atoms with Crippen LogP contribution in [0.15, 0.2) is 0 Å². The molecular formula is C17H29N3O3. The van der Waals surface area contributed by atoms with Crippen molar-refractivity contribution in [2.75, 3.05) is 27.2 Å². The summed E-state index contributed by atoms with van der Waals surface area (Å²) >= 11 is 0. The molecule has 2 amide bonds. The third kappa shape index (κ3) is 4.53. The van der Waals surface area contributed by atoms with Gasteiger partial charge in [-0.3, -0.25) is 14.4 Å². The number of nitrogens with zero attached hydrogens (tertiary/aromatic N) is 2. The minimum Gasteiger partial charge on any atom is -0.344 e. The minimum absolute atomic E-state index is 0.0158. The first-order valence-corrected chi connectivity index (χ1v) is 8.55. The number of carbonyl (C=O) groups is 3. The van der Waals surface area contributed by atoms with Gasteiger partial charge in [-0.15, -0.1) is 0 Å². The fourth-order valence-electron chi connectivity index (χ4n) is 3.24. The van der Waals surface area contributed by atoms with Crippen LogP contribution in [0.5, 0.6) is 0 Å². The predicted octanol–water partition coefficient (Wildman–Crippen LogP) is 0.659. The second-order valence-corrected chi connectivity index (χ2v) is 7.52. The number of hydrogen-bond acceptors (Lipinski definition) is 4. The van der Waals surface area contributed by atoms with E-state index in [1.807, 2.05) is 32.8 Å². The Hall–Kier alpha value is -1.43. The van der Waals surface area contributed by atoms with Gasteiger partial charge in [0.2, 0.25) is 11.8 Å². The fraction of sp³-hybridized carbons (Fsp3) is 0.824. The lowest BCUT2D eigenvalue weighted by molar-refractivity contribution is -0.141. The van der Waals surface area contributed by atoms with Gasteiger partial charge in [-0.05, 0) is 32.9 Å². The number of Topliss-reactive ketones (excluding diaryl/α,β-unsaturated/α-hetero) is 1. The van der Waals surface area contributed by atoms with Gasteiger partial charge in [-0.2, -0.15) is 0 Å². The SMILES string of the molecule is CC(C)C[C@H](NC(=O)C1CC(=O)C1)C(=O)N1CCC(N(C)C)C1. The van der Waals surface area contributed by atoms with Crippen LogP contribution in [-0.2, 0) is 14.4 Å². The lowest BCUT2D eigenvalue weighted by atomic mass is 9.83. The summed E-state index contributed by atoms with van der Waals surface area (Å²) in [5.41, 5.74) is 0. The Labute approximate surface area is 138 Å². The zero-order chi connectivity index (χ0) is 17.1. The van der Waals surface area contributed by atoms with Gasteiger partial charge in [-0.1, -0.05) is 13.8 Å². The Morgan fingerprint density at radius 2 is 1.96 bits per heavy atom. The molecule has 130 valence electrons. The fourth-order valence-corrected chi connectivity index (χ4v) is 3.24. The molecule has 0 aromatic heterocycles. The molecule has 23 heavy (non-hydrogen) atoms. The van der Waals surface area contributed by atoms with Gasteiger partial charge in [0, 0.05) is 32.0 Å². The maximum absolute atomic E-state index is 12.8. The molecular weight excluding hydrogens is 294 g/mol. The molecule has 0 spiro atoms. The molecule has 0 aromatic rings. The van der Waals surface area contributed by atoms with E-state index in [0.717, 1.165) is 19.5 Å². The maximum atomic E-state index is 12.8. The van der Waals surface area contributed by atoms with Gasteiger partial charge in [0.25, 0.3) is 0 Å². The lowest BCUT2D eigenvalue weighted by Gasteiger charge is -2.29. The average Bonchev–Trinajstić information content (AvgIpc) is 2.91. The molecule has 1 aliphatic heterocycles. The Balaban J connectivity index is 1.95. The molecule has 2 fully saturated rings. The Kier molecular flexibility index (Phi) is 5.79. The molecule has 1 aliphatic carbocycles. The van der Waals surface area contributed by atoms with Crippen LogP contribution in [0.3, 0.4) is 0 Å². The smallest absolute Gasteiger partial charge is 0.245 e. The van der Waals surface area contributed by atoms with Crippen LogP contribution in [0.25, 0.3) is 0 Å². The van der Waals surface area contributed by atoms with E-state index in [2.05, 4.69) is 10.2 Å². The van der Waals surface area contributed by atoms with Gasteiger partial charge in [0.05, 0.1) is 5.92 Å². The van der Waals surface area contributed by atoms with Crippen molar-refractivity contribution < 1.29 is 14.4 Å². The molecule has 1 N–H and O–H groups in total. The highest BCUT2D eigenvalue weighted by Crippen LogP contribution is 2.24. The lowest BCUT2D eigenvalue weighted by Crippen LogP contribution is -2.52. The van der Waals surface area contributed by atoms with Crippen LogP contribution >= 0.6 is 0 Å². The first-order valence-electron chi connectivity index (χ1n) is 8.55. The van der Waals surface area contributed by atoms with Crippen LogP contribution < -0.4 is 5.32 Å². The zero-order valence-corrected chi connectivity index (χ0v) is 14.7. The monoisotopic (exact) mass is 323 g/mol. The summed E-state index contributed by atoms with van der Waals surface area (Å²) < 4.78 is 0. The zero-order valence-electron chi connectivity index (χ0n) is 14.7. The largest absolute Gasteiger partial charge is 0.344 e. The first-order chi connectivity index (χ1) is 10.8. The minimum atomic E-state index is -0.473. The number of nitrogens with one attached hydrogen (secondary N) is 1. The highest BCUT2D eigenvalue weighted by molar-refractivity contribution is 5.97. The predicted molar refractivity (Wildman–Crippen MR) is 87.8 cm³/mol. The van der Waals surface area contributed by atoms with Crippen molar-refractivity contribution in [3.05, 3.63) is 0 Å². The summed E-state index contributed by atoms with van der Waals surface area (Å²) in [7, 11) is 4.05. The summed E-state index contributed by atoms with van der Waals surface area (Å²) in [6, 6.07) is -0.0854. The second-order valence-electron chi connectivity index (χ2n) is 7.52. The third-order valence-electron chi connectivity index (χ3n) is 4.85. The van der Waals surface area contributed by atoms with Gasteiger partial charge in [0.1, 0.15) is 11.8 Å². The molecule has 2 atom stereocenters. The van der Waals surface area contributed by atoms with Crippen LogP contribution in [-0.4, -0.2) is 66.7 Å². The summed E-state index contributed by atoms with van der Waals surface area (Å²) in [5.74, 6) is 0.0804. The number of likely N-dealkylation sites (tertiary alicyclic amines) is 1. The van der Waals surface area contributed by atoms with Gasteiger partial charge in [-0.25, -0.2) is 0 Å². The van der Waals surface area contributed by atoms with Crippen LogP contribution in [0, 0.1) is 11.8 Å². The van der Waals surface area contributed by atoms with Gasteiger partial charge >= 0.3 is 0 Å². The molecule has 0 bridgehead atoms. The topological polar surface area (TPSA) is 69.7 Å². The molecule has 6 nitrogen and oxygen atoms in total. The van der Waals surface area contributed by atoms with Crippen molar-refractivity contribution in [2.45, 2.75) is 51.6 Å². The standard InChI is InChI=1S/C17H29N3O3/c1-11(2)7-15(18-16(22)12-8-14(21)9-12)17(23)20-6-5-13(10-20)19(3)4/h11-13,15H,5-10H2,1-4H3,(H,18,22)/t13?,15-/m0/s1. The van der Waals surface area contributed by atoms with Gasteiger partial charge < -0.3 is 15.1 Å². The van der Waals surface area contributed by atoms with E-state index in [0.29, 0.717) is 31.2 Å². The summed E-state index contributed by atoms with van der Waals surface area (Å²) in [4.78, 5) is 40.1. The van der Waals surface area contributed by atoms with E-state index in [1.54, 1.807) is 0 Å². The Morgan fingerprint density at radius 3 is 2.43 bits per heavy atom. The number of ketones is 1. The Morgan fingerprint density at radius 1 is 1.30 bits per heavy atom. The summed E-state index contributed by atoms with van der Waals surface area (Å²) in [5, 5.41) is 2.90. The van der Waals surface area contributed by atoms with Crippen molar-refractivity contribution in [1.29, 1.82) is 0 Å². The van der Waals surface area contributed by atoms with Crippen molar-refractivity contribution in [3.63, 3.8) is 0 Å². The van der Waals surface area contributed by atoms with E-state index < -0.39 is 6.04 Å². The van der Waals surface area contributed by atoms with Crippen LogP contribution in [0.4, 0.5) is 0 Å². The number of rotatable bonds is 6. The van der Waals surface area contributed by atoms with E-state index >= 15 is 0 Å². The number of amides is 2. The highest BCUT2D eigenvalue weighted by Gasteiger charge is 2.37. The number of likely N-dealkylation sites (N-methyl/N-ethyl adjacent to an activating group) is 1. The molecule has 0 radical (unpaired) electrons. The molecule has 2 rings (SSSR count). The third-order valence-corrected chi connectivity index (χ3v) is 4.85. The van der Waals surface area contributed by atoms with Crippen molar-refractivity contribution >= 4 is 17.6 Å². The second kappa shape index (κ2) is 7.43.